The third kappa shape index (κ3) is 8.38. The standard InChI is InChI=1S/C11H20O3.Ca.2H/c1-3-5-7-9(12)11(14)10(13)8-6-4-2;;;/h11,14H,3-8H2,1-2H3;;;/q;+2;2*-1. The molecule has 4 heteroatoms. The molecule has 15 heavy (non-hydrogen) atoms. The molecule has 0 saturated carbocycles. The number of ketones is 2. The third-order valence-electron chi connectivity index (χ3n) is 2.16. The zero-order chi connectivity index (χ0) is 11.0. The van der Waals surface area contributed by atoms with Crippen LogP contribution in [0.15, 0.2) is 0 Å². The molecular weight excluding hydrogens is 220 g/mol. The van der Waals surface area contributed by atoms with Crippen LogP contribution in [-0.2, 0) is 9.59 Å². The van der Waals surface area contributed by atoms with Crippen LogP contribution in [0.5, 0.6) is 0 Å². The first kappa shape index (κ1) is 17.9. The van der Waals surface area contributed by atoms with Crippen molar-refractivity contribution in [3.63, 3.8) is 0 Å². The zero-order valence-corrected chi connectivity index (χ0v) is 12.0. The van der Waals surface area contributed by atoms with E-state index in [-0.39, 0.29) is 52.2 Å². The molecule has 0 heterocycles. The molecule has 0 aromatic rings. The Morgan fingerprint density at radius 2 is 1.40 bits per heavy atom. The first-order valence-corrected chi connectivity index (χ1v) is 5.37. The van der Waals surface area contributed by atoms with E-state index < -0.39 is 6.10 Å². The van der Waals surface area contributed by atoms with Crippen molar-refractivity contribution < 1.29 is 17.5 Å². The predicted molar refractivity (Wildman–Crippen MR) is 63.0 cm³/mol. The van der Waals surface area contributed by atoms with Gasteiger partial charge in [-0.25, -0.2) is 0 Å². The van der Waals surface area contributed by atoms with Crippen molar-refractivity contribution in [2.45, 2.75) is 58.5 Å². The summed E-state index contributed by atoms with van der Waals surface area (Å²) in [5.41, 5.74) is 0. The average Bonchev–Trinajstić information content (AvgIpc) is 2.21. The number of aliphatic hydroxyl groups is 1. The Morgan fingerprint density at radius 1 is 1.07 bits per heavy atom. The van der Waals surface area contributed by atoms with Crippen LogP contribution in [0.2, 0.25) is 0 Å². The van der Waals surface area contributed by atoms with Crippen LogP contribution < -0.4 is 0 Å². The van der Waals surface area contributed by atoms with Crippen molar-refractivity contribution in [3.8, 4) is 0 Å². The largest absolute Gasteiger partial charge is 2.00 e. The average molecular weight is 242 g/mol. The van der Waals surface area contributed by atoms with Gasteiger partial charge in [0.1, 0.15) is 0 Å². The summed E-state index contributed by atoms with van der Waals surface area (Å²) in [5.74, 6) is -0.652. The van der Waals surface area contributed by atoms with Gasteiger partial charge in [-0.05, 0) is 12.8 Å². The van der Waals surface area contributed by atoms with E-state index in [0.717, 1.165) is 25.7 Å². The minimum atomic E-state index is -1.37. The quantitative estimate of drug-likeness (QED) is 0.521. The number of hydrogen-bond donors (Lipinski definition) is 1. The summed E-state index contributed by atoms with van der Waals surface area (Å²) in [4.78, 5) is 22.5. The molecule has 0 aliphatic carbocycles. The first-order chi connectivity index (χ1) is 6.63. The minimum Gasteiger partial charge on any atom is -1.00 e. The Morgan fingerprint density at radius 3 is 1.67 bits per heavy atom. The number of carbonyl (C=O) groups is 2. The topological polar surface area (TPSA) is 54.4 Å². The number of Topliss-reactive ketones (excluding diaryl/α,β-unsaturated/α-hetero) is 2. The van der Waals surface area contributed by atoms with Gasteiger partial charge in [-0.1, -0.05) is 26.7 Å². The molecule has 1 N–H and O–H groups in total. The van der Waals surface area contributed by atoms with E-state index in [1.54, 1.807) is 0 Å². The minimum absolute atomic E-state index is 0. The van der Waals surface area contributed by atoms with E-state index in [1.807, 2.05) is 13.8 Å². The van der Waals surface area contributed by atoms with Gasteiger partial charge >= 0.3 is 37.7 Å². The summed E-state index contributed by atoms with van der Waals surface area (Å²) in [6.07, 6.45) is 2.57. The van der Waals surface area contributed by atoms with Crippen LogP contribution in [0.4, 0.5) is 0 Å². The van der Waals surface area contributed by atoms with Crippen LogP contribution in [-0.4, -0.2) is 60.5 Å². The van der Waals surface area contributed by atoms with Crippen molar-refractivity contribution in [3.05, 3.63) is 0 Å². The first-order valence-electron chi connectivity index (χ1n) is 5.37. The van der Waals surface area contributed by atoms with Crippen molar-refractivity contribution in [2.75, 3.05) is 0 Å². The number of unbranched alkanes of at least 4 members (excludes halogenated alkanes) is 2. The second kappa shape index (κ2) is 11.1. The third-order valence-corrected chi connectivity index (χ3v) is 2.16. The van der Waals surface area contributed by atoms with Crippen LogP contribution >= 0.6 is 0 Å². The van der Waals surface area contributed by atoms with Gasteiger partial charge in [-0.3, -0.25) is 9.59 Å². The Balaban J connectivity index is -0.000000282. The fourth-order valence-electron chi connectivity index (χ4n) is 1.16. The molecule has 0 aliphatic heterocycles. The van der Waals surface area contributed by atoms with Crippen molar-refractivity contribution in [1.29, 1.82) is 0 Å². The summed E-state index contributed by atoms with van der Waals surface area (Å²) in [6, 6.07) is 0. The number of hydrogen-bond acceptors (Lipinski definition) is 3. The molecule has 0 aromatic heterocycles. The Bertz CT molecular complexity index is 181. The molecule has 0 spiro atoms. The van der Waals surface area contributed by atoms with Gasteiger partial charge in [0, 0.05) is 12.8 Å². The van der Waals surface area contributed by atoms with E-state index >= 15 is 0 Å². The maximum atomic E-state index is 11.2. The summed E-state index contributed by atoms with van der Waals surface area (Å²) >= 11 is 0. The molecule has 0 aromatic carbocycles. The van der Waals surface area contributed by atoms with Crippen molar-refractivity contribution in [1.82, 2.24) is 0 Å². The van der Waals surface area contributed by atoms with Gasteiger partial charge in [-0.15, -0.1) is 0 Å². The van der Waals surface area contributed by atoms with Crippen LogP contribution in [0, 0.1) is 0 Å². The predicted octanol–water partition coefficient (Wildman–Crippen LogP) is 1.71. The monoisotopic (exact) mass is 242 g/mol. The smallest absolute Gasteiger partial charge is 1.00 e. The molecule has 0 bridgehead atoms. The fourth-order valence-corrected chi connectivity index (χ4v) is 1.16. The van der Waals surface area contributed by atoms with E-state index in [2.05, 4.69) is 0 Å². The van der Waals surface area contributed by atoms with Crippen LogP contribution in [0.1, 0.15) is 55.2 Å². The summed E-state index contributed by atoms with van der Waals surface area (Å²) < 4.78 is 0. The maximum absolute atomic E-state index is 11.2. The molecule has 0 aliphatic rings. The second-order valence-corrected chi connectivity index (χ2v) is 3.54. The van der Waals surface area contributed by atoms with Gasteiger partial charge < -0.3 is 7.96 Å². The number of rotatable bonds is 8. The van der Waals surface area contributed by atoms with Crippen LogP contribution in [0.25, 0.3) is 0 Å². The molecule has 86 valence electrons. The summed E-state index contributed by atoms with van der Waals surface area (Å²) in [5, 5.41) is 9.34. The summed E-state index contributed by atoms with van der Waals surface area (Å²) in [6.45, 7) is 3.94. The van der Waals surface area contributed by atoms with Crippen molar-refractivity contribution in [2.24, 2.45) is 0 Å². The van der Waals surface area contributed by atoms with Gasteiger partial charge in [0.15, 0.2) is 17.7 Å². The maximum Gasteiger partial charge on any atom is 2.00 e. The molecule has 0 atom stereocenters. The van der Waals surface area contributed by atoms with Crippen molar-refractivity contribution >= 4 is 49.3 Å². The molecule has 0 amide bonds. The Kier molecular flexibility index (Phi) is 13.2. The van der Waals surface area contributed by atoms with E-state index in [1.165, 1.54) is 0 Å². The molecule has 0 fully saturated rings. The molecular formula is C11H22CaO3. The van der Waals surface area contributed by atoms with E-state index in [0.29, 0.717) is 12.8 Å². The SMILES string of the molecule is CCCCC(=O)C(O)C(=O)CCCC.[Ca+2].[H-].[H-]. The normalized spacial score (nSPS) is 9.87. The molecule has 0 rings (SSSR count). The number of aliphatic hydroxyl groups excluding tert-OH is 1. The summed E-state index contributed by atoms with van der Waals surface area (Å²) in [7, 11) is 0. The van der Waals surface area contributed by atoms with Gasteiger partial charge in [0.25, 0.3) is 0 Å². The molecule has 0 radical (unpaired) electrons. The van der Waals surface area contributed by atoms with Crippen LogP contribution in [0.3, 0.4) is 0 Å². The van der Waals surface area contributed by atoms with E-state index in [4.69, 9.17) is 0 Å². The second-order valence-electron chi connectivity index (χ2n) is 3.54. The van der Waals surface area contributed by atoms with Gasteiger partial charge in [0.05, 0.1) is 0 Å². The Hall–Kier alpha value is 0.560. The van der Waals surface area contributed by atoms with E-state index in [9.17, 15) is 14.7 Å². The Labute approximate surface area is 125 Å². The molecule has 3 nitrogen and oxygen atoms in total. The fraction of sp³-hybridized carbons (Fsp3) is 0.818. The molecule has 0 unspecified atom stereocenters. The number of carbonyl (C=O) groups excluding carboxylic acids is 2. The zero-order valence-electron chi connectivity index (χ0n) is 11.8. The molecule has 0 saturated heterocycles. The van der Waals surface area contributed by atoms with Gasteiger partial charge in [0.2, 0.25) is 0 Å². The van der Waals surface area contributed by atoms with Gasteiger partial charge in [-0.2, -0.15) is 0 Å².